The van der Waals surface area contributed by atoms with E-state index in [0.29, 0.717) is 5.56 Å². The lowest BCUT2D eigenvalue weighted by atomic mass is 10.2. The van der Waals surface area contributed by atoms with Gasteiger partial charge in [-0.3, -0.25) is 4.79 Å². The van der Waals surface area contributed by atoms with Crippen LogP contribution in [0.1, 0.15) is 28.4 Å². The maximum atomic E-state index is 12.0. The third-order valence-corrected chi connectivity index (χ3v) is 3.84. The van der Waals surface area contributed by atoms with E-state index in [4.69, 9.17) is 4.74 Å². The predicted octanol–water partition coefficient (Wildman–Crippen LogP) is 3.62. The fourth-order valence-corrected chi connectivity index (χ4v) is 2.17. The van der Waals surface area contributed by atoms with Gasteiger partial charge >= 0.3 is 5.97 Å². The Morgan fingerprint density at radius 2 is 1.70 bits per heavy atom. The largest absolute Gasteiger partial charge is 0.459 e. The Balaban J connectivity index is 1.85. The molecule has 120 valence electrons. The highest BCUT2D eigenvalue weighted by atomic mass is 79.9. The summed E-state index contributed by atoms with van der Waals surface area (Å²) in [6.45, 7) is 3.79. The first kappa shape index (κ1) is 17.2. The van der Waals surface area contributed by atoms with E-state index >= 15 is 0 Å². The maximum absolute atomic E-state index is 12.0. The SMILES string of the molecule is Cc1ccc(COC(=O)[C@H](C)NC(=O)c2ccc(Br)cc2)cc1. The Hall–Kier alpha value is -2.14. The zero-order valence-corrected chi connectivity index (χ0v) is 14.6. The Kier molecular flexibility index (Phi) is 5.93. The van der Waals surface area contributed by atoms with Crippen LogP contribution in [0.5, 0.6) is 0 Å². The molecular weight excluding hydrogens is 358 g/mol. The Morgan fingerprint density at radius 1 is 1.09 bits per heavy atom. The molecule has 0 radical (unpaired) electrons. The second kappa shape index (κ2) is 7.92. The quantitative estimate of drug-likeness (QED) is 0.811. The van der Waals surface area contributed by atoms with Crippen LogP contribution >= 0.6 is 15.9 Å². The van der Waals surface area contributed by atoms with Crippen molar-refractivity contribution in [3.05, 3.63) is 69.7 Å². The van der Waals surface area contributed by atoms with Crippen molar-refractivity contribution in [3.8, 4) is 0 Å². The van der Waals surface area contributed by atoms with Gasteiger partial charge in [0, 0.05) is 10.0 Å². The number of nitrogens with one attached hydrogen (secondary N) is 1. The van der Waals surface area contributed by atoms with Crippen LogP contribution in [0.2, 0.25) is 0 Å². The fourth-order valence-electron chi connectivity index (χ4n) is 1.90. The minimum Gasteiger partial charge on any atom is -0.459 e. The summed E-state index contributed by atoms with van der Waals surface area (Å²) in [5.41, 5.74) is 2.55. The van der Waals surface area contributed by atoms with Crippen LogP contribution in [0.25, 0.3) is 0 Å². The van der Waals surface area contributed by atoms with Gasteiger partial charge in [0.25, 0.3) is 5.91 Å². The van der Waals surface area contributed by atoms with Crippen molar-refractivity contribution in [2.45, 2.75) is 26.5 Å². The molecular formula is C18H18BrNO3. The van der Waals surface area contributed by atoms with Gasteiger partial charge in [-0.15, -0.1) is 0 Å². The van der Waals surface area contributed by atoms with Gasteiger partial charge in [-0.25, -0.2) is 4.79 Å². The number of halogens is 1. The molecule has 0 aromatic heterocycles. The van der Waals surface area contributed by atoms with E-state index in [1.54, 1.807) is 31.2 Å². The summed E-state index contributed by atoms with van der Waals surface area (Å²) in [6.07, 6.45) is 0. The highest BCUT2D eigenvalue weighted by Gasteiger charge is 2.18. The molecule has 0 aliphatic heterocycles. The summed E-state index contributed by atoms with van der Waals surface area (Å²) in [5, 5.41) is 2.63. The van der Waals surface area contributed by atoms with Crippen LogP contribution < -0.4 is 5.32 Å². The first-order chi connectivity index (χ1) is 11.0. The van der Waals surface area contributed by atoms with E-state index in [0.717, 1.165) is 15.6 Å². The molecule has 0 saturated carbocycles. The first-order valence-corrected chi connectivity index (χ1v) is 8.03. The van der Waals surface area contributed by atoms with Gasteiger partial charge < -0.3 is 10.1 Å². The molecule has 4 nitrogen and oxygen atoms in total. The van der Waals surface area contributed by atoms with Gasteiger partial charge in [-0.1, -0.05) is 45.8 Å². The minimum absolute atomic E-state index is 0.192. The second-order valence-electron chi connectivity index (χ2n) is 5.30. The van der Waals surface area contributed by atoms with E-state index in [1.807, 2.05) is 31.2 Å². The number of rotatable bonds is 5. The topological polar surface area (TPSA) is 55.4 Å². The number of carbonyl (C=O) groups is 2. The average Bonchev–Trinajstić information content (AvgIpc) is 2.54. The molecule has 23 heavy (non-hydrogen) atoms. The Bertz CT molecular complexity index is 680. The van der Waals surface area contributed by atoms with Gasteiger partial charge in [0.1, 0.15) is 12.6 Å². The lowest BCUT2D eigenvalue weighted by Gasteiger charge is -2.13. The van der Waals surface area contributed by atoms with Gasteiger partial charge in [0.05, 0.1) is 0 Å². The van der Waals surface area contributed by atoms with Crippen LogP contribution in [-0.4, -0.2) is 17.9 Å². The molecule has 0 unspecified atom stereocenters. The summed E-state index contributed by atoms with van der Waals surface area (Å²) in [5.74, 6) is -0.770. The van der Waals surface area contributed by atoms with Crippen molar-refractivity contribution in [1.29, 1.82) is 0 Å². The molecule has 2 aromatic carbocycles. The molecule has 0 spiro atoms. The van der Waals surface area contributed by atoms with Crippen LogP contribution in [0.3, 0.4) is 0 Å². The van der Waals surface area contributed by atoms with Gasteiger partial charge in [0.2, 0.25) is 0 Å². The molecule has 1 atom stereocenters. The molecule has 0 fully saturated rings. The number of ether oxygens (including phenoxy) is 1. The summed E-state index contributed by atoms with van der Waals surface area (Å²) in [4.78, 5) is 24.0. The zero-order valence-electron chi connectivity index (χ0n) is 13.0. The molecule has 1 amide bonds. The standard InChI is InChI=1S/C18H18BrNO3/c1-12-3-5-14(6-4-12)11-23-18(22)13(2)20-17(21)15-7-9-16(19)10-8-15/h3-10,13H,11H2,1-2H3,(H,20,21)/t13-/m0/s1. The molecule has 1 N–H and O–H groups in total. The van der Waals surface area contributed by atoms with Gasteiger partial charge in [-0.05, 0) is 43.7 Å². The zero-order chi connectivity index (χ0) is 16.8. The number of amides is 1. The normalized spacial score (nSPS) is 11.6. The molecule has 0 heterocycles. The first-order valence-electron chi connectivity index (χ1n) is 7.24. The van der Waals surface area contributed by atoms with Gasteiger partial charge in [-0.2, -0.15) is 0 Å². The molecule has 2 rings (SSSR count). The molecule has 5 heteroatoms. The fraction of sp³-hybridized carbons (Fsp3) is 0.222. The monoisotopic (exact) mass is 375 g/mol. The lowest BCUT2D eigenvalue weighted by molar-refractivity contribution is -0.146. The number of esters is 1. The van der Waals surface area contributed by atoms with Crippen molar-refractivity contribution in [1.82, 2.24) is 5.32 Å². The van der Waals surface area contributed by atoms with Crippen molar-refractivity contribution < 1.29 is 14.3 Å². The maximum Gasteiger partial charge on any atom is 0.328 e. The van der Waals surface area contributed by atoms with Crippen molar-refractivity contribution in [3.63, 3.8) is 0 Å². The molecule has 2 aromatic rings. The van der Waals surface area contributed by atoms with E-state index in [-0.39, 0.29) is 12.5 Å². The highest BCUT2D eigenvalue weighted by Crippen LogP contribution is 2.11. The summed E-state index contributed by atoms with van der Waals surface area (Å²) in [7, 11) is 0. The third-order valence-electron chi connectivity index (χ3n) is 3.31. The lowest BCUT2D eigenvalue weighted by Crippen LogP contribution is -2.39. The van der Waals surface area contributed by atoms with Crippen LogP contribution in [0, 0.1) is 6.92 Å². The second-order valence-corrected chi connectivity index (χ2v) is 6.21. The van der Waals surface area contributed by atoms with E-state index in [1.165, 1.54) is 0 Å². The number of carbonyl (C=O) groups excluding carboxylic acids is 2. The summed E-state index contributed by atoms with van der Waals surface area (Å²) >= 11 is 3.31. The van der Waals surface area contributed by atoms with Gasteiger partial charge in [0.15, 0.2) is 0 Å². The predicted molar refractivity (Wildman–Crippen MR) is 92.0 cm³/mol. The van der Waals surface area contributed by atoms with Crippen LogP contribution in [0.4, 0.5) is 0 Å². The molecule has 0 saturated heterocycles. The number of hydrogen-bond donors (Lipinski definition) is 1. The minimum atomic E-state index is -0.711. The molecule has 0 aliphatic rings. The smallest absolute Gasteiger partial charge is 0.328 e. The number of aryl methyl sites for hydroxylation is 1. The average molecular weight is 376 g/mol. The van der Waals surface area contributed by atoms with E-state index in [9.17, 15) is 9.59 Å². The van der Waals surface area contributed by atoms with Crippen molar-refractivity contribution in [2.75, 3.05) is 0 Å². The molecule has 0 bridgehead atoms. The van der Waals surface area contributed by atoms with Crippen molar-refractivity contribution in [2.24, 2.45) is 0 Å². The summed E-state index contributed by atoms with van der Waals surface area (Å²) in [6, 6.07) is 13.9. The Morgan fingerprint density at radius 3 is 2.30 bits per heavy atom. The Labute approximate surface area is 144 Å². The number of hydrogen-bond acceptors (Lipinski definition) is 3. The van der Waals surface area contributed by atoms with E-state index in [2.05, 4.69) is 21.2 Å². The highest BCUT2D eigenvalue weighted by molar-refractivity contribution is 9.10. The van der Waals surface area contributed by atoms with Crippen LogP contribution in [-0.2, 0) is 16.1 Å². The van der Waals surface area contributed by atoms with Crippen molar-refractivity contribution >= 4 is 27.8 Å². The summed E-state index contributed by atoms with van der Waals surface area (Å²) < 4.78 is 6.11. The number of benzene rings is 2. The third kappa shape index (κ3) is 5.21. The van der Waals surface area contributed by atoms with E-state index < -0.39 is 12.0 Å². The van der Waals surface area contributed by atoms with Crippen LogP contribution in [0.15, 0.2) is 53.0 Å². The molecule has 0 aliphatic carbocycles.